The van der Waals surface area contributed by atoms with Gasteiger partial charge in [-0.15, -0.1) is 0 Å². The topological polar surface area (TPSA) is 45.2 Å². The van der Waals surface area contributed by atoms with Gasteiger partial charge in [-0.1, -0.05) is 0 Å². The van der Waals surface area contributed by atoms with Gasteiger partial charge in [-0.05, 0) is 13.0 Å². The zero-order valence-electron chi connectivity index (χ0n) is 10.3. The second-order valence-corrected chi connectivity index (χ2v) is 5.18. The Balaban J connectivity index is 2.21. The Hall–Kier alpha value is -1.30. The molecular formula is C12H16FN3OS. The summed E-state index contributed by atoms with van der Waals surface area (Å²) in [4.78, 5) is 17.8. The number of hydrogen-bond donors (Lipinski definition) is 1. The smallest absolute Gasteiger partial charge is 0.257 e. The molecule has 0 saturated carbocycles. The molecule has 0 aliphatic carbocycles. The lowest BCUT2D eigenvalue weighted by atomic mass is 10.2. The van der Waals surface area contributed by atoms with Crippen molar-refractivity contribution >= 4 is 23.5 Å². The molecule has 1 amide bonds. The molecule has 2 rings (SSSR count). The first kappa shape index (κ1) is 13.1. The van der Waals surface area contributed by atoms with Crippen LogP contribution in [0.5, 0.6) is 0 Å². The number of rotatable bonds is 3. The number of amides is 1. The van der Waals surface area contributed by atoms with Gasteiger partial charge >= 0.3 is 0 Å². The quantitative estimate of drug-likeness (QED) is 0.909. The van der Waals surface area contributed by atoms with E-state index in [1.165, 1.54) is 12.3 Å². The second-order valence-electron chi connectivity index (χ2n) is 3.96. The number of nitrogens with zero attached hydrogens (tertiary/aromatic N) is 2. The standard InChI is InChI=1S/C12H16FN3OS/c1-2-14-11-10(13)9(3-4-15-11)12(17)16-5-7-18-8-6-16/h3-4H,2,5-8H2,1H3,(H,14,15). The molecule has 0 aromatic carbocycles. The van der Waals surface area contributed by atoms with Crippen molar-refractivity contribution in [1.29, 1.82) is 0 Å². The van der Waals surface area contributed by atoms with Crippen LogP contribution in [-0.2, 0) is 0 Å². The Morgan fingerprint density at radius 2 is 2.28 bits per heavy atom. The third-order valence-electron chi connectivity index (χ3n) is 2.76. The number of nitrogens with one attached hydrogen (secondary N) is 1. The number of thioether (sulfide) groups is 1. The van der Waals surface area contributed by atoms with Gasteiger partial charge in [-0.2, -0.15) is 11.8 Å². The summed E-state index contributed by atoms with van der Waals surface area (Å²) in [6.45, 7) is 3.79. The van der Waals surface area contributed by atoms with Crippen LogP contribution in [0.25, 0.3) is 0 Å². The number of carbonyl (C=O) groups excluding carboxylic acids is 1. The van der Waals surface area contributed by atoms with E-state index >= 15 is 0 Å². The molecule has 2 heterocycles. The number of halogens is 1. The predicted molar refractivity (Wildman–Crippen MR) is 71.6 cm³/mol. The van der Waals surface area contributed by atoms with Crippen molar-refractivity contribution in [1.82, 2.24) is 9.88 Å². The molecule has 1 fully saturated rings. The van der Waals surface area contributed by atoms with E-state index in [9.17, 15) is 9.18 Å². The molecule has 0 unspecified atom stereocenters. The van der Waals surface area contributed by atoms with Crippen LogP contribution >= 0.6 is 11.8 Å². The molecule has 1 aromatic heterocycles. The molecule has 1 aromatic rings. The first-order valence-electron chi connectivity index (χ1n) is 5.99. The van der Waals surface area contributed by atoms with Crippen LogP contribution in [0.4, 0.5) is 10.2 Å². The van der Waals surface area contributed by atoms with Crippen molar-refractivity contribution in [3.05, 3.63) is 23.6 Å². The van der Waals surface area contributed by atoms with E-state index in [0.29, 0.717) is 19.6 Å². The SMILES string of the molecule is CCNc1nccc(C(=O)N2CCSCC2)c1F. The first-order valence-corrected chi connectivity index (χ1v) is 7.15. The maximum absolute atomic E-state index is 14.1. The van der Waals surface area contributed by atoms with E-state index in [-0.39, 0.29) is 17.3 Å². The average molecular weight is 269 g/mol. The molecule has 1 saturated heterocycles. The van der Waals surface area contributed by atoms with Crippen molar-refractivity contribution in [3.63, 3.8) is 0 Å². The molecule has 1 aliphatic heterocycles. The van der Waals surface area contributed by atoms with E-state index in [1.54, 1.807) is 4.90 Å². The molecule has 0 atom stereocenters. The van der Waals surface area contributed by atoms with Gasteiger partial charge in [0.05, 0.1) is 5.56 Å². The van der Waals surface area contributed by atoms with Crippen molar-refractivity contribution in [2.45, 2.75) is 6.92 Å². The summed E-state index contributed by atoms with van der Waals surface area (Å²) < 4.78 is 14.1. The Morgan fingerprint density at radius 1 is 1.56 bits per heavy atom. The summed E-state index contributed by atoms with van der Waals surface area (Å²) in [6, 6.07) is 1.44. The molecule has 1 N–H and O–H groups in total. The van der Waals surface area contributed by atoms with Crippen LogP contribution in [0.15, 0.2) is 12.3 Å². The molecule has 0 radical (unpaired) electrons. The molecule has 0 bridgehead atoms. The summed E-state index contributed by atoms with van der Waals surface area (Å²) in [5, 5.41) is 2.81. The van der Waals surface area contributed by atoms with Crippen LogP contribution in [0.1, 0.15) is 17.3 Å². The minimum Gasteiger partial charge on any atom is -0.368 e. The Kier molecular flexibility index (Phi) is 4.41. The zero-order valence-corrected chi connectivity index (χ0v) is 11.1. The highest BCUT2D eigenvalue weighted by Crippen LogP contribution is 2.18. The average Bonchev–Trinajstić information content (AvgIpc) is 2.42. The van der Waals surface area contributed by atoms with Crippen LogP contribution in [0, 0.1) is 5.82 Å². The summed E-state index contributed by atoms with van der Waals surface area (Å²) >= 11 is 1.81. The fraction of sp³-hybridized carbons (Fsp3) is 0.500. The lowest BCUT2D eigenvalue weighted by molar-refractivity contribution is 0.0767. The van der Waals surface area contributed by atoms with Gasteiger partial charge in [0.15, 0.2) is 11.6 Å². The van der Waals surface area contributed by atoms with Gasteiger partial charge in [0.25, 0.3) is 5.91 Å². The maximum Gasteiger partial charge on any atom is 0.257 e. The number of pyridine rings is 1. The first-order chi connectivity index (χ1) is 8.74. The number of carbonyl (C=O) groups is 1. The van der Waals surface area contributed by atoms with Gasteiger partial charge in [0.2, 0.25) is 0 Å². The fourth-order valence-corrected chi connectivity index (χ4v) is 2.74. The molecule has 6 heteroatoms. The molecule has 0 spiro atoms. The highest BCUT2D eigenvalue weighted by atomic mass is 32.2. The molecule has 1 aliphatic rings. The van der Waals surface area contributed by atoms with Crippen molar-refractivity contribution in [2.24, 2.45) is 0 Å². The fourth-order valence-electron chi connectivity index (χ4n) is 1.84. The minimum absolute atomic E-state index is 0.104. The summed E-state index contributed by atoms with van der Waals surface area (Å²) in [5.41, 5.74) is 0.104. The largest absolute Gasteiger partial charge is 0.368 e. The number of aromatic nitrogens is 1. The highest BCUT2D eigenvalue weighted by Gasteiger charge is 2.22. The van der Waals surface area contributed by atoms with E-state index in [4.69, 9.17) is 0 Å². The number of anilines is 1. The third-order valence-corrected chi connectivity index (χ3v) is 3.70. The van der Waals surface area contributed by atoms with Gasteiger partial charge < -0.3 is 10.2 Å². The third kappa shape index (κ3) is 2.75. The normalized spacial score (nSPS) is 15.6. The molecule has 18 heavy (non-hydrogen) atoms. The monoisotopic (exact) mass is 269 g/mol. The molecule has 4 nitrogen and oxygen atoms in total. The maximum atomic E-state index is 14.1. The number of hydrogen-bond acceptors (Lipinski definition) is 4. The highest BCUT2D eigenvalue weighted by molar-refractivity contribution is 7.99. The van der Waals surface area contributed by atoms with Gasteiger partial charge in [-0.25, -0.2) is 9.37 Å². The zero-order chi connectivity index (χ0) is 13.0. The minimum atomic E-state index is -0.553. The lowest BCUT2D eigenvalue weighted by Crippen LogP contribution is -2.38. The summed E-state index contributed by atoms with van der Waals surface area (Å²) in [5.74, 6) is 1.18. The van der Waals surface area contributed by atoms with Crippen molar-refractivity contribution in [2.75, 3.05) is 36.5 Å². The van der Waals surface area contributed by atoms with Gasteiger partial charge in [-0.3, -0.25) is 4.79 Å². The lowest BCUT2D eigenvalue weighted by Gasteiger charge is -2.26. The van der Waals surface area contributed by atoms with Crippen LogP contribution in [0.3, 0.4) is 0 Å². The van der Waals surface area contributed by atoms with Crippen LogP contribution in [0.2, 0.25) is 0 Å². The van der Waals surface area contributed by atoms with E-state index in [1.807, 2.05) is 18.7 Å². The van der Waals surface area contributed by atoms with E-state index in [0.717, 1.165) is 11.5 Å². The Bertz CT molecular complexity index is 435. The molecular weight excluding hydrogens is 253 g/mol. The Morgan fingerprint density at radius 3 is 2.94 bits per heavy atom. The van der Waals surface area contributed by atoms with E-state index < -0.39 is 5.82 Å². The second kappa shape index (κ2) is 6.04. The summed E-state index contributed by atoms with van der Waals surface area (Å²) in [7, 11) is 0. The van der Waals surface area contributed by atoms with Crippen molar-refractivity contribution < 1.29 is 9.18 Å². The predicted octanol–water partition coefficient (Wildman–Crippen LogP) is 1.84. The van der Waals surface area contributed by atoms with Crippen LogP contribution in [-0.4, -0.2) is 46.9 Å². The van der Waals surface area contributed by atoms with Gasteiger partial charge in [0.1, 0.15) is 0 Å². The van der Waals surface area contributed by atoms with E-state index in [2.05, 4.69) is 10.3 Å². The Labute approximate surface area is 110 Å². The molecule has 98 valence electrons. The van der Waals surface area contributed by atoms with Gasteiger partial charge in [0, 0.05) is 37.3 Å². The van der Waals surface area contributed by atoms with Crippen LogP contribution < -0.4 is 5.32 Å². The summed E-state index contributed by atoms with van der Waals surface area (Å²) in [6.07, 6.45) is 1.47. The van der Waals surface area contributed by atoms with Crippen molar-refractivity contribution in [3.8, 4) is 0 Å².